The number of aryl methyl sites for hydroxylation is 2. The molecule has 1 aliphatic rings. The molecule has 1 radical (unpaired) electrons. The fourth-order valence-electron chi connectivity index (χ4n) is 3.49. The fourth-order valence-corrected chi connectivity index (χ4v) is 3.49. The molecule has 0 fully saturated rings. The van der Waals surface area contributed by atoms with Gasteiger partial charge in [-0.1, -0.05) is 89.1 Å². The van der Waals surface area contributed by atoms with Gasteiger partial charge in [0.1, 0.15) is 5.54 Å². The van der Waals surface area contributed by atoms with Gasteiger partial charge in [0, 0.05) is 5.56 Å². The summed E-state index contributed by atoms with van der Waals surface area (Å²) >= 11 is 0. The van der Waals surface area contributed by atoms with Crippen molar-refractivity contribution in [2.75, 3.05) is 5.06 Å². The van der Waals surface area contributed by atoms with Crippen LogP contribution in [-0.2, 0) is 10.7 Å². The quantitative estimate of drug-likeness (QED) is 0.616. The van der Waals surface area contributed by atoms with Gasteiger partial charge in [0.15, 0.2) is 0 Å². The smallest absolute Gasteiger partial charge is 0.139 e. The molecule has 3 aromatic rings. The Labute approximate surface area is 148 Å². The van der Waals surface area contributed by atoms with Crippen LogP contribution in [0.4, 0.5) is 5.69 Å². The molecule has 0 saturated carbocycles. The molecule has 4 rings (SSSR count). The number of fused-ring (bicyclic) bond motifs is 1. The minimum absolute atomic E-state index is 0.700. The number of rotatable bonds is 2. The highest BCUT2D eigenvalue weighted by molar-refractivity contribution is 5.75. The molecule has 123 valence electrons. The van der Waals surface area contributed by atoms with Crippen LogP contribution in [0.2, 0.25) is 0 Å². The lowest BCUT2D eigenvalue weighted by Gasteiger charge is -2.41. The first-order valence-corrected chi connectivity index (χ1v) is 8.51. The van der Waals surface area contributed by atoms with E-state index >= 15 is 0 Å². The molecule has 0 saturated heterocycles. The summed E-state index contributed by atoms with van der Waals surface area (Å²) in [5, 5.41) is 14.7. The maximum Gasteiger partial charge on any atom is 0.139 e. The second-order valence-corrected chi connectivity index (χ2v) is 6.68. The number of hydroxylamine groups is 1. The van der Waals surface area contributed by atoms with Crippen LogP contribution < -0.4 is 5.06 Å². The van der Waals surface area contributed by atoms with E-state index in [1.54, 1.807) is 0 Å². The monoisotopic (exact) mass is 326 g/mol. The lowest BCUT2D eigenvalue weighted by Crippen LogP contribution is -2.44. The van der Waals surface area contributed by atoms with Gasteiger partial charge in [-0.2, -0.15) is 0 Å². The van der Waals surface area contributed by atoms with E-state index in [-0.39, 0.29) is 0 Å². The summed E-state index contributed by atoms with van der Waals surface area (Å²) in [6, 6.07) is 24.2. The van der Waals surface area contributed by atoms with Crippen molar-refractivity contribution in [3.63, 3.8) is 0 Å². The minimum Gasteiger partial charge on any atom is -0.201 e. The average molecular weight is 326 g/mol. The molecule has 25 heavy (non-hydrogen) atoms. The molecule has 0 aromatic heterocycles. The Morgan fingerprint density at radius 2 is 1.24 bits per heavy atom. The second kappa shape index (κ2) is 5.91. The van der Waals surface area contributed by atoms with Crippen LogP contribution in [0.25, 0.3) is 6.08 Å². The van der Waals surface area contributed by atoms with Crippen molar-refractivity contribution in [3.05, 3.63) is 107 Å². The Hall–Kier alpha value is -2.84. The van der Waals surface area contributed by atoms with E-state index < -0.39 is 5.54 Å². The highest BCUT2D eigenvalue weighted by Crippen LogP contribution is 2.44. The van der Waals surface area contributed by atoms with E-state index in [9.17, 15) is 5.21 Å². The normalized spacial score (nSPS) is 15.1. The largest absolute Gasteiger partial charge is 0.201 e. The molecule has 0 bridgehead atoms. The Bertz CT molecular complexity index is 878. The molecule has 0 atom stereocenters. The van der Waals surface area contributed by atoms with Gasteiger partial charge in [0.05, 0.1) is 5.69 Å². The molecule has 0 aliphatic carbocycles. The van der Waals surface area contributed by atoms with E-state index in [0.29, 0.717) is 5.69 Å². The number of anilines is 1. The maximum absolute atomic E-state index is 13.6. The molecule has 1 aliphatic heterocycles. The van der Waals surface area contributed by atoms with Gasteiger partial charge < -0.3 is 0 Å². The highest BCUT2D eigenvalue weighted by atomic mass is 16.5. The highest BCUT2D eigenvalue weighted by Gasteiger charge is 2.42. The summed E-state index contributed by atoms with van der Waals surface area (Å²) in [4.78, 5) is 0. The van der Waals surface area contributed by atoms with Crippen LogP contribution >= 0.6 is 0 Å². The summed E-state index contributed by atoms with van der Waals surface area (Å²) in [6.45, 7) is 4.12. The van der Waals surface area contributed by atoms with Crippen molar-refractivity contribution >= 4 is 11.8 Å². The van der Waals surface area contributed by atoms with Crippen molar-refractivity contribution in [1.82, 2.24) is 0 Å². The molecule has 2 nitrogen and oxygen atoms in total. The summed E-state index contributed by atoms with van der Waals surface area (Å²) in [6.07, 6.45) is 4.08. The number of hydrogen-bond acceptors (Lipinski definition) is 1. The molecule has 1 heterocycles. The van der Waals surface area contributed by atoms with Crippen molar-refractivity contribution in [2.45, 2.75) is 19.4 Å². The van der Waals surface area contributed by atoms with Gasteiger partial charge in [-0.15, -0.1) is 0 Å². The van der Waals surface area contributed by atoms with E-state index in [4.69, 9.17) is 0 Å². The summed E-state index contributed by atoms with van der Waals surface area (Å²) in [5.41, 5.74) is 5.11. The molecular formula is C23H20NO. The van der Waals surface area contributed by atoms with Crippen LogP contribution in [-0.4, -0.2) is 0 Å². The van der Waals surface area contributed by atoms with Gasteiger partial charge in [-0.25, -0.2) is 5.06 Å². The zero-order valence-corrected chi connectivity index (χ0v) is 14.4. The summed E-state index contributed by atoms with van der Waals surface area (Å²) in [7, 11) is 0. The van der Waals surface area contributed by atoms with Crippen LogP contribution in [0.3, 0.4) is 0 Å². The SMILES string of the molecule is Cc1ccc(C2(c3ccc(C)cc3)C=Cc3ccccc3N2[O])cc1. The van der Waals surface area contributed by atoms with E-state index in [2.05, 4.69) is 68.5 Å². The molecule has 0 unspecified atom stereocenters. The first kappa shape index (κ1) is 15.7. The predicted molar refractivity (Wildman–Crippen MR) is 102 cm³/mol. The zero-order valence-electron chi connectivity index (χ0n) is 14.4. The summed E-state index contributed by atoms with van der Waals surface area (Å²) < 4.78 is 0. The van der Waals surface area contributed by atoms with Crippen LogP contribution in [0, 0.1) is 13.8 Å². The van der Waals surface area contributed by atoms with Crippen molar-refractivity contribution in [3.8, 4) is 0 Å². The predicted octanol–water partition coefficient (Wildman–Crippen LogP) is 5.43. The maximum atomic E-state index is 13.6. The van der Waals surface area contributed by atoms with Crippen LogP contribution in [0.5, 0.6) is 0 Å². The topological polar surface area (TPSA) is 23.1 Å². The average Bonchev–Trinajstić information content (AvgIpc) is 2.64. The van der Waals surface area contributed by atoms with Crippen molar-refractivity contribution < 1.29 is 5.21 Å². The number of nitrogens with zero attached hydrogens (tertiary/aromatic N) is 1. The van der Waals surface area contributed by atoms with Crippen molar-refractivity contribution in [1.29, 1.82) is 0 Å². The van der Waals surface area contributed by atoms with Crippen LogP contribution in [0.15, 0.2) is 78.9 Å². The third-order valence-corrected chi connectivity index (χ3v) is 4.96. The van der Waals surface area contributed by atoms with Gasteiger partial charge in [0.2, 0.25) is 0 Å². The number of para-hydroxylation sites is 1. The van der Waals surface area contributed by atoms with E-state index in [1.165, 1.54) is 11.1 Å². The molecular weight excluding hydrogens is 306 g/mol. The minimum atomic E-state index is -0.851. The second-order valence-electron chi connectivity index (χ2n) is 6.68. The number of benzene rings is 3. The Kier molecular flexibility index (Phi) is 3.70. The number of hydrogen-bond donors (Lipinski definition) is 0. The first-order valence-electron chi connectivity index (χ1n) is 8.51. The van der Waals surface area contributed by atoms with E-state index in [0.717, 1.165) is 21.8 Å². The van der Waals surface area contributed by atoms with Gasteiger partial charge >= 0.3 is 0 Å². The lowest BCUT2D eigenvalue weighted by molar-refractivity contribution is 0.113. The fraction of sp³-hybridized carbons (Fsp3) is 0.130. The van der Waals surface area contributed by atoms with Gasteiger partial charge in [-0.05, 0) is 37.1 Å². The lowest BCUT2D eigenvalue weighted by atomic mass is 9.79. The Balaban J connectivity index is 1.97. The molecule has 0 N–H and O–H groups in total. The van der Waals surface area contributed by atoms with Crippen LogP contribution in [0.1, 0.15) is 27.8 Å². The standard InChI is InChI=1S/C23H20NO/c1-17-7-11-20(12-8-17)23(21-13-9-18(2)10-14-21)16-15-19-5-3-4-6-22(19)24(23)25/h3-16H,1-2H3. The van der Waals surface area contributed by atoms with Gasteiger partial charge in [-0.3, -0.25) is 0 Å². The molecule has 2 heteroatoms. The molecule has 0 spiro atoms. The molecule has 3 aromatic carbocycles. The van der Waals surface area contributed by atoms with E-state index in [1.807, 2.05) is 30.3 Å². The first-order chi connectivity index (χ1) is 12.1. The third-order valence-electron chi connectivity index (χ3n) is 4.96. The Morgan fingerprint density at radius 1 is 0.720 bits per heavy atom. The third kappa shape index (κ3) is 2.46. The zero-order chi connectivity index (χ0) is 17.4. The molecule has 0 amide bonds. The summed E-state index contributed by atoms with van der Waals surface area (Å²) in [5.74, 6) is 0. The van der Waals surface area contributed by atoms with Gasteiger partial charge in [0.25, 0.3) is 0 Å². The van der Waals surface area contributed by atoms with Crippen molar-refractivity contribution in [2.24, 2.45) is 0 Å². The Morgan fingerprint density at radius 3 is 1.80 bits per heavy atom.